The van der Waals surface area contributed by atoms with Gasteiger partial charge in [0, 0.05) is 12.2 Å². The molecule has 0 aromatic heterocycles. The Labute approximate surface area is 132 Å². The summed E-state index contributed by atoms with van der Waals surface area (Å²) in [5.41, 5.74) is -0.153. The number of para-hydroxylation sites is 1. The zero-order chi connectivity index (χ0) is 16.0. The molecule has 7 nitrogen and oxygen atoms in total. The first-order valence-corrected chi connectivity index (χ1v) is 7.62. The first kappa shape index (κ1) is 14.2. The Bertz CT molecular complexity index is 676. The molecule has 0 radical (unpaired) electrons. The molecule has 120 valence electrons. The van der Waals surface area contributed by atoms with Crippen LogP contribution in [0.4, 0.5) is 10.5 Å². The molecule has 3 aliphatic rings. The Balaban J connectivity index is 1.43. The molecule has 2 bridgehead atoms. The van der Waals surface area contributed by atoms with Crippen LogP contribution in [0.3, 0.4) is 0 Å². The number of fused-ring (bicyclic) bond motifs is 5. The molecular weight excluding hydrogens is 300 g/mol. The Hall–Kier alpha value is -2.41. The van der Waals surface area contributed by atoms with Gasteiger partial charge in [0.2, 0.25) is 0 Å². The quantitative estimate of drug-likeness (QED) is 0.642. The van der Waals surface area contributed by atoms with Crippen LogP contribution >= 0.6 is 0 Å². The van der Waals surface area contributed by atoms with Crippen molar-refractivity contribution in [2.24, 2.45) is 11.8 Å². The predicted octanol–water partition coefficient (Wildman–Crippen LogP) is 1.06. The van der Waals surface area contributed by atoms with Gasteiger partial charge in [0.25, 0.3) is 0 Å². The number of urea groups is 1. The van der Waals surface area contributed by atoms with Crippen LogP contribution in [0.25, 0.3) is 0 Å². The van der Waals surface area contributed by atoms with Gasteiger partial charge in [-0.1, -0.05) is 18.2 Å². The summed E-state index contributed by atoms with van der Waals surface area (Å²) >= 11 is 0. The maximum absolute atomic E-state index is 12.0. The Morgan fingerprint density at radius 2 is 2.00 bits per heavy atom. The van der Waals surface area contributed by atoms with E-state index in [1.807, 2.05) is 18.2 Å². The second-order valence-corrected chi connectivity index (χ2v) is 6.18. The largest absolute Gasteiger partial charge is 0.393 e. The lowest BCUT2D eigenvalue weighted by Gasteiger charge is -2.29. The minimum atomic E-state index is -0.827. The van der Waals surface area contributed by atoms with Gasteiger partial charge >= 0.3 is 18.0 Å². The molecule has 3 heterocycles. The number of ether oxygens (including phenoxy) is 2. The molecule has 3 aliphatic heterocycles. The van der Waals surface area contributed by atoms with E-state index < -0.39 is 29.4 Å². The fourth-order valence-corrected chi connectivity index (χ4v) is 3.88. The minimum absolute atomic E-state index is 0.172. The van der Waals surface area contributed by atoms with Gasteiger partial charge in [0.1, 0.15) is 11.5 Å². The average molecular weight is 316 g/mol. The molecule has 1 aromatic rings. The maximum atomic E-state index is 12.0. The lowest BCUT2D eigenvalue weighted by Crippen LogP contribution is -2.49. The highest BCUT2D eigenvalue weighted by molar-refractivity contribution is 5.98. The van der Waals surface area contributed by atoms with Crippen LogP contribution in [-0.4, -0.2) is 36.2 Å². The molecule has 0 spiro atoms. The van der Waals surface area contributed by atoms with Crippen LogP contribution in [0.2, 0.25) is 0 Å². The molecule has 0 saturated carbocycles. The van der Waals surface area contributed by atoms with Crippen molar-refractivity contribution in [2.45, 2.75) is 24.5 Å². The number of nitrogens with one attached hydrogen (secondary N) is 2. The van der Waals surface area contributed by atoms with E-state index in [0.29, 0.717) is 18.5 Å². The number of carbonyl (C=O) groups excluding carboxylic acids is 3. The van der Waals surface area contributed by atoms with Crippen LogP contribution in [0, 0.1) is 11.8 Å². The second kappa shape index (κ2) is 5.06. The van der Waals surface area contributed by atoms with E-state index >= 15 is 0 Å². The van der Waals surface area contributed by atoms with E-state index in [9.17, 15) is 14.4 Å². The number of hydrogen-bond acceptors (Lipinski definition) is 5. The summed E-state index contributed by atoms with van der Waals surface area (Å²) in [5.74, 6) is -2.16. The molecule has 4 atom stereocenters. The zero-order valence-electron chi connectivity index (χ0n) is 12.3. The number of hydrogen-bond donors (Lipinski definition) is 2. The van der Waals surface area contributed by atoms with Gasteiger partial charge in [-0.05, 0) is 25.0 Å². The van der Waals surface area contributed by atoms with Gasteiger partial charge in [-0.15, -0.1) is 0 Å². The van der Waals surface area contributed by atoms with Gasteiger partial charge in [-0.2, -0.15) is 0 Å². The molecule has 0 aliphatic carbocycles. The zero-order valence-corrected chi connectivity index (χ0v) is 12.3. The second-order valence-electron chi connectivity index (χ2n) is 6.18. The third-order valence-electron chi connectivity index (χ3n) is 4.87. The Morgan fingerprint density at radius 3 is 2.78 bits per heavy atom. The summed E-state index contributed by atoms with van der Waals surface area (Å²) in [6, 6.07) is 8.67. The number of rotatable bonds is 3. The number of cyclic esters (lactones) is 2. The van der Waals surface area contributed by atoms with Crippen molar-refractivity contribution in [1.82, 2.24) is 5.32 Å². The monoisotopic (exact) mass is 316 g/mol. The van der Waals surface area contributed by atoms with Gasteiger partial charge in [-0.25, -0.2) is 4.79 Å². The molecule has 3 saturated heterocycles. The number of esters is 2. The van der Waals surface area contributed by atoms with Gasteiger partial charge in [0.15, 0.2) is 0 Å². The van der Waals surface area contributed by atoms with Gasteiger partial charge in [-0.3, -0.25) is 9.59 Å². The predicted molar refractivity (Wildman–Crippen MR) is 78.4 cm³/mol. The van der Waals surface area contributed by atoms with Crippen molar-refractivity contribution >= 4 is 23.7 Å². The maximum Gasteiger partial charge on any atom is 0.320 e. The number of benzene rings is 1. The van der Waals surface area contributed by atoms with E-state index in [4.69, 9.17) is 9.47 Å². The van der Waals surface area contributed by atoms with Gasteiger partial charge < -0.3 is 20.1 Å². The van der Waals surface area contributed by atoms with Crippen LogP contribution in [0.1, 0.15) is 12.8 Å². The van der Waals surface area contributed by atoms with Crippen LogP contribution < -0.4 is 10.6 Å². The van der Waals surface area contributed by atoms with E-state index in [1.165, 1.54) is 0 Å². The lowest BCUT2D eigenvalue weighted by atomic mass is 9.73. The number of carbonyl (C=O) groups is 3. The molecule has 0 unspecified atom stereocenters. The SMILES string of the molecule is O=C(NC[C@]12CC[C@H](O1)[C@@H]1C(=O)OC(=O)[C@@H]12)Nc1ccccc1. The normalized spacial score (nSPS) is 34.2. The van der Waals surface area contributed by atoms with Crippen LogP contribution in [0.15, 0.2) is 30.3 Å². The highest BCUT2D eigenvalue weighted by Gasteiger charge is 2.68. The minimum Gasteiger partial charge on any atom is -0.393 e. The molecule has 7 heteroatoms. The molecule has 2 amide bonds. The fraction of sp³-hybridized carbons (Fsp3) is 0.438. The first-order valence-electron chi connectivity index (χ1n) is 7.62. The number of amides is 2. The summed E-state index contributed by atoms with van der Waals surface area (Å²) in [4.78, 5) is 35.7. The standard InChI is InChI=1S/C16H16N2O5/c19-13-11-10-6-7-16(23-10,12(11)14(20)22-13)8-17-15(21)18-9-4-2-1-3-5-9/h1-5,10-12H,6-8H2,(H2,17,18,21)/t10-,11-,12+,16-/m0/s1. The molecule has 23 heavy (non-hydrogen) atoms. The number of anilines is 1. The topological polar surface area (TPSA) is 93.7 Å². The highest BCUT2D eigenvalue weighted by Crippen LogP contribution is 2.54. The summed E-state index contributed by atoms with van der Waals surface area (Å²) in [6.07, 6.45) is 1.05. The third-order valence-corrected chi connectivity index (χ3v) is 4.87. The van der Waals surface area contributed by atoms with Crippen molar-refractivity contribution in [3.8, 4) is 0 Å². The van der Waals surface area contributed by atoms with Crippen molar-refractivity contribution in [3.05, 3.63) is 30.3 Å². The molecule has 1 aromatic carbocycles. The molecular formula is C16H16N2O5. The summed E-state index contributed by atoms with van der Waals surface area (Å²) < 4.78 is 10.7. The third kappa shape index (κ3) is 2.19. The first-order chi connectivity index (χ1) is 11.1. The summed E-state index contributed by atoms with van der Waals surface area (Å²) in [6.45, 7) is 0.172. The summed E-state index contributed by atoms with van der Waals surface area (Å²) in [5, 5.41) is 5.46. The van der Waals surface area contributed by atoms with Gasteiger partial charge in [0.05, 0.1) is 12.0 Å². The Kier molecular flexibility index (Phi) is 3.12. The highest BCUT2D eigenvalue weighted by atomic mass is 16.6. The average Bonchev–Trinajstić information content (AvgIpc) is 3.18. The van der Waals surface area contributed by atoms with E-state index in [1.54, 1.807) is 12.1 Å². The van der Waals surface area contributed by atoms with E-state index in [2.05, 4.69) is 10.6 Å². The molecule has 2 N–H and O–H groups in total. The van der Waals surface area contributed by atoms with Crippen LogP contribution in [-0.2, 0) is 19.1 Å². The molecule has 3 fully saturated rings. The Morgan fingerprint density at radius 1 is 1.22 bits per heavy atom. The van der Waals surface area contributed by atoms with Crippen molar-refractivity contribution in [3.63, 3.8) is 0 Å². The van der Waals surface area contributed by atoms with Crippen molar-refractivity contribution in [1.29, 1.82) is 0 Å². The summed E-state index contributed by atoms with van der Waals surface area (Å²) in [7, 11) is 0. The van der Waals surface area contributed by atoms with E-state index in [-0.39, 0.29) is 18.7 Å². The van der Waals surface area contributed by atoms with E-state index in [0.717, 1.165) is 0 Å². The fourth-order valence-electron chi connectivity index (χ4n) is 3.88. The lowest BCUT2D eigenvalue weighted by molar-refractivity contribution is -0.158. The molecule has 4 rings (SSSR count). The van der Waals surface area contributed by atoms with Crippen LogP contribution in [0.5, 0.6) is 0 Å². The van der Waals surface area contributed by atoms with Crippen molar-refractivity contribution < 1.29 is 23.9 Å². The smallest absolute Gasteiger partial charge is 0.320 e. The van der Waals surface area contributed by atoms with Crippen molar-refractivity contribution in [2.75, 3.05) is 11.9 Å².